The molecule has 0 fully saturated rings. The fraction of sp³-hybridized carbons (Fsp3) is 0.0455. The van der Waals surface area contributed by atoms with E-state index in [1.807, 2.05) is 0 Å². The number of hydrogen-bond donors (Lipinski definition) is 1. The molecule has 0 saturated carbocycles. The Morgan fingerprint density at radius 1 is 1.03 bits per heavy atom. The molecule has 0 amide bonds. The van der Waals surface area contributed by atoms with Crippen LogP contribution in [-0.4, -0.2) is 41.6 Å². The number of hydrogen-bond acceptors (Lipinski definition) is 6. The summed E-state index contributed by atoms with van der Waals surface area (Å²) in [5, 5.41) is 16.8. The molecular formula is C22H16FN3O5S. The molecule has 8 nitrogen and oxygen atoms in total. The molecule has 1 aromatic heterocycles. The van der Waals surface area contributed by atoms with Crippen LogP contribution in [0, 0.1) is 5.82 Å². The number of carboxylic acids is 1. The first kappa shape index (κ1) is 21.2. The number of rotatable bonds is 6. The second-order valence-electron chi connectivity index (χ2n) is 6.70. The first-order chi connectivity index (χ1) is 15.3. The molecule has 0 atom stereocenters. The zero-order chi connectivity index (χ0) is 22.9. The summed E-state index contributed by atoms with van der Waals surface area (Å²) in [6.45, 7) is 0. The topological polar surface area (TPSA) is 111 Å². The van der Waals surface area contributed by atoms with Crippen LogP contribution in [0.25, 0.3) is 16.9 Å². The minimum Gasteiger partial charge on any atom is -0.497 e. The van der Waals surface area contributed by atoms with Crippen molar-refractivity contribution < 1.29 is 27.4 Å². The van der Waals surface area contributed by atoms with E-state index in [2.05, 4.69) is 10.3 Å². The van der Waals surface area contributed by atoms with Gasteiger partial charge >= 0.3 is 5.97 Å². The predicted octanol–water partition coefficient (Wildman–Crippen LogP) is 3.61. The standard InChI is InChI=1S/C22H16FN3O5S/c1-31-18-6-3-7-19(13-18)32(29,30)21-20(14-8-10-16(23)11-9-14)26(25-24-21)17-5-2-4-15(12-17)22(27)28/h2-13H,1H3,(H,27,28). The van der Waals surface area contributed by atoms with Crippen molar-refractivity contribution in [2.45, 2.75) is 9.92 Å². The number of methoxy groups -OCH3 is 1. The summed E-state index contributed by atoms with van der Waals surface area (Å²) >= 11 is 0. The van der Waals surface area contributed by atoms with Crippen molar-refractivity contribution in [2.24, 2.45) is 0 Å². The Morgan fingerprint density at radius 3 is 2.44 bits per heavy atom. The molecule has 0 aliphatic heterocycles. The van der Waals surface area contributed by atoms with Crippen LogP contribution in [0.1, 0.15) is 10.4 Å². The van der Waals surface area contributed by atoms with Crippen LogP contribution in [0.4, 0.5) is 4.39 Å². The number of carboxylic acid groups (broad SMARTS) is 1. The smallest absolute Gasteiger partial charge is 0.335 e. The molecule has 0 aliphatic carbocycles. The first-order valence-corrected chi connectivity index (χ1v) is 10.7. The molecule has 162 valence electrons. The van der Waals surface area contributed by atoms with Gasteiger partial charge in [-0.15, -0.1) is 5.10 Å². The lowest BCUT2D eigenvalue weighted by molar-refractivity contribution is 0.0697. The summed E-state index contributed by atoms with van der Waals surface area (Å²) in [7, 11) is -2.74. The number of sulfone groups is 1. The molecule has 0 saturated heterocycles. The van der Waals surface area contributed by atoms with Gasteiger partial charge in [0.05, 0.1) is 23.3 Å². The van der Waals surface area contributed by atoms with Crippen molar-refractivity contribution >= 4 is 15.8 Å². The summed E-state index contributed by atoms with van der Waals surface area (Å²) < 4.78 is 46.8. The highest BCUT2D eigenvalue weighted by Crippen LogP contribution is 2.33. The number of aromatic carboxylic acids is 1. The van der Waals surface area contributed by atoms with Crippen molar-refractivity contribution in [1.29, 1.82) is 0 Å². The summed E-state index contributed by atoms with van der Waals surface area (Å²) in [6, 6.07) is 16.9. The van der Waals surface area contributed by atoms with Crippen LogP contribution < -0.4 is 4.74 Å². The third-order valence-corrected chi connectivity index (χ3v) is 6.36. The average molecular weight is 453 g/mol. The molecule has 10 heteroatoms. The Balaban J connectivity index is 1.97. The van der Waals surface area contributed by atoms with Crippen LogP contribution in [0.5, 0.6) is 5.75 Å². The monoisotopic (exact) mass is 453 g/mol. The molecule has 0 radical (unpaired) electrons. The maximum Gasteiger partial charge on any atom is 0.335 e. The highest BCUT2D eigenvalue weighted by molar-refractivity contribution is 7.91. The van der Waals surface area contributed by atoms with Gasteiger partial charge in [-0.2, -0.15) is 0 Å². The number of ether oxygens (including phenoxy) is 1. The maximum atomic E-state index is 13.5. The molecule has 4 aromatic rings. The minimum absolute atomic E-state index is 0.0136. The minimum atomic E-state index is -4.16. The van der Waals surface area contributed by atoms with E-state index < -0.39 is 21.6 Å². The number of carbonyl (C=O) groups is 1. The first-order valence-electron chi connectivity index (χ1n) is 9.26. The lowest BCUT2D eigenvalue weighted by atomic mass is 10.1. The summed E-state index contributed by atoms with van der Waals surface area (Å²) in [6.07, 6.45) is 0. The van der Waals surface area contributed by atoms with E-state index in [1.54, 1.807) is 12.1 Å². The zero-order valence-electron chi connectivity index (χ0n) is 16.6. The SMILES string of the molecule is COc1cccc(S(=O)(=O)c2nnn(-c3cccc(C(=O)O)c3)c2-c2ccc(F)cc2)c1. The zero-order valence-corrected chi connectivity index (χ0v) is 17.5. The van der Waals surface area contributed by atoms with Crippen molar-refractivity contribution in [3.63, 3.8) is 0 Å². The van der Waals surface area contributed by atoms with Gasteiger partial charge in [0.2, 0.25) is 14.9 Å². The molecule has 4 rings (SSSR count). The van der Waals surface area contributed by atoms with Gasteiger partial charge in [0, 0.05) is 5.56 Å². The second kappa shape index (κ2) is 8.23. The van der Waals surface area contributed by atoms with Crippen molar-refractivity contribution in [2.75, 3.05) is 7.11 Å². The number of benzene rings is 3. The number of nitrogens with zero attached hydrogens (tertiary/aromatic N) is 3. The number of halogens is 1. The van der Waals surface area contributed by atoms with E-state index in [1.165, 1.54) is 72.5 Å². The van der Waals surface area contributed by atoms with Crippen molar-refractivity contribution in [3.05, 3.63) is 84.2 Å². The lowest BCUT2D eigenvalue weighted by Gasteiger charge is -2.10. The molecule has 0 spiro atoms. The van der Waals surface area contributed by atoms with Crippen LogP contribution in [0.2, 0.25) is 0 Å². The predicted molar refractivity (Wildman–Crippen MR) is 112 cm³/mol. The molecule has 1 N–H and O–H groups in total. The van der Waals surface area contributed by atoms with Crippen LogP contribution in [0.15, 0.2) is 82.7 Å². The molecule has 0 bridgehead atoms. The Morgan fingerprint density at radius 2 is 1.75 bits per heavy atom. The Labute approximate surface area is 182 Å². The van der Waals surface area contributed by atoms with Crippen LogP contribution in [-0.2, 0) is 9.84 Å². The fourth-order valence-corrected chi connectivity index (χ4v) is 4.49. The van der Waals surface area contributed by atoms with E-state index in [9.17, 15) is 22.7 Å². The maximum absolute atomic E-state index is 13.5. The highest BCUT2D eigenvalue weighted by Gasteiger charge is 2.29. The Bertz CT molecular complexity index is 1420. The molecule has 1 heterocycles. The second-order valence-corrected chi connectivity index (χ2v) is 8.56. The average Bonchev–Trinajstić information content (AvgIpc) is 3.26. The number of aromatic nitrogens is 3. The van der Waals surface area contributed by atoms with E-state index in [0.29, 0.717) is 11.3 Å². The summed E-state index contributed by atoms with van der Waals surface area (Å²) in [5.41, 5.74) is 0.665. The Hall–Kier alpha value is -4.05. The van der Waals surface area contributed by atoms with E-state index >= 15 is 0 Å². The summed E-state index contributed by atoms with van der Waals surface area (Å²) in [5.74, 6) is -1.31. The van der Waals surface area contributed by atoms with Gasteiger partial charge in [-0.05, 0) is 60.7 Å². The summed E-state index contributed by atoms with van der Waals surface area (Å²) in [4.78, 5) is 11.3. The molecule has 32 heavy (non-hydrogen) atoms. The van der Waals surface area contributed by atoms with Gasteiger partial charge in [-0.25, -0.2) is 22.3 Å². The van der Waals surface area contributed by atoms with Crippen molar-refractivity contribution in [3.8, 4) is 22.7 Å². The van der Waals surface area contributed by atoms with Gasteiger partial charge in [-0.1, -0.05) is 17.3 Å². The Kier molecular flexibility index (Phi) is 5.45. The van der Waals surface area contributed by atoms with Gasteiger partial charge < -0.3 is 9.84 Å². The van der Waals surface area contributed by atoms with E-state index in [0.717, 1.165) is 0 Å². The third-order valence-electron chi connectivity index (χ3n) is 4.70. The quantitative estimate of drug-likeness (QED) is 0.475. The van der Waals surface area contributed by atoms with Gasteiger partial charge in [0.15, 0.2) is 0 Å². The van der Waals surface area contributed by atoms with E-state index in [4.69, 9.17) is 4.74 Å². The van der Waals surface area contributed by atoms with Gasteiger partial charge in [0.25, 0.3) is 0 Å². The molecule has 0 aliphatic rings. The van der Waals surface area contributed by atoms with Gasteiger partial charge in [-0.3, -0.25) is 0 Å². The third kappa shape index (κ3) is 3.83. The lowest BCUT2D eigenvalue weighted by Crippen LogP contribution is -2.07. The molecular weight excluding hydrogens is 437 g/mol. The molecule has 0 unspecified atom stereocenters. The highest BCUT2D eigenvalue weighted by atomic mass is 32.2. The molecule has 3 aromatic carbocycles. The van der Waals surface area contributed by atoms with Crippen LogP contribution >= 0.6 is 0 Å². The largest absolute Gasteiger partial charge is 0.497 e. The fourth-order valence-electron chi connectivity index (χ4n) is 3.13. The van der Waals surface area contributed by atoms with E-state index in [-0.39, 0.29) is 26.9 Å². The van der Waals surface area contributed by atoms with Gasteiger partial charge in [0.1, 0.15) is 17.3 Å². The van der Waals surface area contributed by atoms with Crippen LogP contribution in [0.3, 0.4) is 0 Å². The van der Waals surface area contributed by atoms with Crippen molar-refractivity contribution in [1.82, 2.24) is 15.0 Å². The normalized spacial score (nSPS) is 11.3.